The third-order valence-corrected chi connectivity index (χ3v) is 3.12. The minimum Gasteiger partial charge on any atom is -0.480 e. The van der Waals surface area contributed by atoms with E-state index in [0.717, 1.165) is 24.3 Å². The Balaban J connectivity index is 2.81. The summed E-state index contributed by atoms with van der Waals surface area (Å²) in [6, 6.07) is 2.27. The van der Waals surface area contributed by atoms with Crippen molar-refractivity contribution >= 4 is 11.9 Å². The van der Waals surface area contributed by atoms with Crippen molar-refractivity contribution in [2.75, 3.05) is 0 Å². The highest BCUT2D eigenvalue weighted by molar-refractivity contribution is 5.86. The molecule has 0 aliphatic heterocycles. The van der Waals surface area contributed by atoms with Crippen LogP contribution < -0.4 is 5.32 Å². The zero-order valence-corrected chi connectivity index (χ0v) is 12.6. The Morgan fingerprint density at radius 2 is 1.70 bits per heavy atom. The number of carboxylic acid groups (broad SMARTS) is 1. The van der Waals surface area contributed by atoms with Gasteiger partial charge in [-0.3, -0.25) is 4.79 Å². The molecule has 0 unspecified atom stereocenters. The first-order valence-electron chi connectivity index (χ1n) is 6.90. The zero-order chi connectivity index (χ0) is 17.8. The molecule has 8 heteroatoms. The second-order valence-corrected chi connectivity index (χ2v) is 5.55. The van der Waals surface area contributed by atoms with Gasteiger partial charge in [-0.15, -0.1) is 0 Å². The van der Waals surface area contributed by atoms with E-state index < -0.39 is 35.8 Å². The van der Waals surface area contributed by atoms with Crippen LogP contribution in [0.15, 0.2) is 24.3 Å². The SMILES string of the molecule is CC(C)C[C@@H](NC(=O)[C@H](O)c1ccc(C(F)(F)F)cc1)C(=O)O. The average molecular weight is 333 g/mol. The van der Waals surface area contributed by atoms with Gasteiger partial charge in [0.25, 0.3) is 5.91 Å². The van der Waals surface area contributed by atoms with Crippen LogP contribution in [-0.4, -0.2) is 28.1 Å². The average Bonchev–Trinajstić information content (AvgIpc) is 2.44. The number of carboxylic acids is 1. The molecule has 1 aromatic carbocycles. The lowest BCUT2D eigenvalue weighted by molar-refractivity contribution is -0.144. The van der Waals surface area contributed by atoms with E-state index in [4.69, 9.17) is 5.11 Å². The van der Waals surface area contributed by atoms with Gasteiger partial charge >= 0.3 is 12.1 Å². The summed E-state index contributed by atoms with van der Waals surface area (Å²) in [7, 11) is 0. The molecule has 0 fully saturated rings. The molecule has 0 saturated heterocycles. The van der Waals surface area contributed by atoms with Crippen LogP contribution in [0, 0.1) is 5.92 Å². The van der Waals surface area contributed by atoms with Crippen LogP contribution in [0.3, 0.4) is 0 Å². The van der Waals surface area contributed by atoms with E-state index in [1.54, 1.807) is 13.8 Å². The normalized spacial score (nSPS) is 14.4. The van der Waals surface area contributed by atoms with E-state index in [1.165, 1.54) is 0 Å². The van der Waals surface area contributed by atoms with E-state index in [0.29, 0.717) is 0 Å². The Labute approximate surface area is 131 Å². The lowest BCUT2D eigenvalue weighted by Crippen LogP contribution is -2.43. The maximum atomic E-state index is 12.5. The summed E-state index contributed by atoms with van der Waals surface area (Å²) >= 11 is 0. The smallest absolute Gasteiger partial charge is 0.416 e. The topological polar surface area (TPSA) is 86.6 Å². The number of hydrogen-bond acceptors (Lipinski definition) is 3. The second kappa shape index (κ2) is 7.45. The van der Waals surface area contributed by atoms with Gasteiger partial charge in [-0.25, -0.2) is 4.79 Å². The summed E-state index contributed by atoms with van der Waals surface area (Å²) in [5.74, 6) is -2.22. The molecule has 1 amide bonds. The summed E-state index contributed by atoms with van der Waals surface area (Å²) in [6.45, 7) is 3.54. The van der Waals surface area contributed by atoms with Crippen LogP contribution in [0.5, 0.6) is 0 Å². The van der Waals surface area contributed by atoms with Crippen molar-refractivity contribution in [3.05, 3.63) is 35.4 Å². The highest BCUT2D eigenvalue weighted by Gasteiger charge is 2.31. The summed E-state index contributed by atoms with van der Waals surface area (Å²) in [6.07, 6.45) is -6.09. The first-order valence-corrected chi connectivity index (χ1v) is 6.90. The molecule has 0 bridgehead atoms. The highest BCUT2D eigenvalue weighted by Crippen LogP contribution is 2.30. The number of aliphatic hydroxyl groups is 1. The number of halogens is 3. The number of hydrogen-bond donors (Lipinski definition) is 3. The molecule has 0 spiro atoms. The fourth-order valence-corrected chi connectivity index (χ4v) is 1.95. The van der Waals surface area contributed by atoms with E-state index in [1.807, 2.05) is 0 Å². The largest absolute Gasteiger partial charge is 0.480 e. The van der Waals surface area contributed by atoms with Gasteiger partial charge in [-0.1, -0.05) is 26.0 Å². The molecule has 128 valence electrons. The van der Waals surface area contributed by atoms with E-state index in [-0.39, 0.29) is 17.9 Å². The third-order valence-electron chi connectivity index (χ3n) is 3.12. The fourth-order valence-electron chi connectivity index (χ4n) is 1.95. The minimum atomic E-state index is -4.52. The molecule has 0 aromatic heterocycles. The fraction of sp³-hybridized carbons (Fsp3) is 0.467. The summed E-state index contributed by atoms with van der Waals surface area (Å²) in [5, 5.41) is 21.1. The Kier molecular flexibility index (Phi) is 6.14. The molecule has 0 radical (unpaired) electrons. The van der Waals surface area contributed by atoms with Crippen LogP contribution in [0.2, 0.25) is 0 Å². The Bertz CT molecular complexity index is 555. The summed E-state index contributed by atoms with van der Waals surface area (Å²) in [4.78, 5) is 22.9. The van der Waals surface area contributed by atoms with Gasteiger partial charge in [0.1, 0.15) is 6.04 Å². The third kappa shape index (κ3) is 5.55. The molecule has 23 heavy (non-hydrogen) atoms. The molecule has 0 saturated carbocycles. The molecular formula is C15H18F3NO4. The number of alkyl halides is 3. The van der Waals surface area contributed by atoms with Gasteiger partial charge in [-0.2, -0.15) is 13.2 Å². The van der Waals surface area contributed by atoms with Gasteiger partial charge in [0, 0.05) is 0 Å². The molecule has 0 aliphatic carbocycles. The van der Waals surface area contributed by atoms with Gasteiger partial charge in [0.2, 0.25) is 0 Å². The predicted octanol–water partition coefficient (Wildman–Crippen LogP) is 2.35. The molecular weight excluding hydrogens is 315 g/mol. The number of rotatable bonds is 6. The van der Waals surface area contributed by atoms with Gasteiger partial charge < -0.3 is 15.5 Å². The molecule has 5 nitrogen and oxygen atoms in total. The molecule has 0 aliphatic rings. The monoisotopic (exact) mass is 333 g/mol. The lowest BCUT2D eigenvalue weighted by Gasteiger charge is -2.19. The lowest BCUT2D eigenvalue weighted by atomic mass is 10.0. The standard InChI is InChI=1S/C15H18F3NO4/c1-8(2)7-11(14(22)23)19-13(21)12(20)9-3-5-10(6-4-9)15(16,17)18/h3-6,8,11-12,20H,7H2,1-2H3,(H,19,21)(H,22,23)/t11-,12-/m1/s1. The van der Waals surface area contributed by atoms with Gasteiger partial charge in [0.15, 0.2) is 6.10 Å². The van der Waals surface area contributed by atoms with Gasteiger partial charge in [-0.05, 0) is 30.0 Å². The Morgan fingerprint density at radius 3 is 2.09 bits per heavy atom. The van der Waals surface area contributed by atoms with Crippen molar-refractivity contribution in [2.45, 2.75) is 38.6 Å². The Hall–Kier alpha value is -2.09. The molecule has 2 atom stereocenters. The van der Waals surface area contributed by atoms with Gasteiger partial charge in [0.05, 0.1) is 5.56 Å². The Morgan fingerprint density at radius 1 is 1.17 bits per heavy atom. The number of amides is 1. The van der Waals surface area contributed by atoms with E-state index >= 15 is 0 Å². The quantitative estimate of drug-likeness (QED) is 0.746. The summed E-state index contributed by atoms with van der Waals surface area (Å²) in [5.41, 5.74) is -0.957. The number of nitrogens with one attached hydrogen (secondary N) is 1. The summed E-state index contributed by atoms with van der Waals surface area (Å²) < 4.78 is 37.4. The van der Waals surface area contributed by atoms with Crippen molar-refractivity contribution in [1.82, 2.24) is 5.32 Å². The number of aliphatic hydroxyl groups excluding tert-OH is 1. The number of carbonyl (C=O) groups is 2. The van der Waals surface area contributed by atoms with Crippen molar-refractivity contribution in [3.8, 4) is 0 Å². The van der Waals surface area contributed by atoms with E-state index in [2.05, 4.69) is 5.32 Å². The number of aliphatic carboxylic acids is 1. The second-order valence-electron chi connectivity index (χ2n) is 5.55. The van der Waals surface area contributed by atoms with Crippen molar-refractivity contribution in [3.63, 3.8) is 0 Å². The van der Waals surface area contributed by atoms with Crippen LogP contribution in [0.25, 0.3) is 0 Å². The maximum Gasteiger partial charge on any atom is 0.416 e. The molecule has 3 N–H and O–H groups in total. The highest BCUT2D eigenvalue weighted by atomic mass is 19.4. The first-order chi connectivity index (χ1) is 10.5. The zero-order valence-electron chi connectivity index (χ0n) is 12.6. The molecule has 0 heterocycles. The van der Waals surface area contributed by atoms with Crippen molar-refractivity contribution in [2.24, 2.45) is 5.92 Å². The molecule has 1 aromatic rings. The molecule has 1 rings (SSSR count). The van der Waals surface area contributed by atoms with Crippen molar-refractivity contribution in [1.29, 1.82) is 0 Å². The number of benzene rings is 1. The van der Waals surface area contributed by atoms with E-state index in [9.17, 15) is 27.9 Å². The van der Waals surface area contributed by atoms with Crippen molar-refractivity contribution < 1.29 is 33.0 Å². The van der Waals surface area contributed by atoms with Crippen LogP contribution in [0.1, 0.15) is 37.5 Å². The minimum absolute atomic E-state index is 0.000359. The maximum absolute atomic E-state index is 12.5. The van der Waals surface area contributed by atoms with Crippen LogP contribution >= 0.6 is 0 Å². The predicted molar refractivity (Wildman–Crippen MR) is 75.4 cm³/mol. The van der Waals surface area contributed by atoms with Crippen LogP contribution in [-0.2, 0) is 15.8 Å². The number of carbonyl (C=O) groups excluding carboxylic acids is 1. The first kappa shape index (κ1) is 19.0. The van der Waals surface area contributed by atoms with Crippen LogP contribution in [0.4, 0.5) is 13.2 Å².